The molecule has 0 aliphatic carbocycles. The topological polar surface area (TPSA) is 85.2 Å². The molecule has 0 spiro atoms. The Balaban J connectivity index is 1.32. The molecule has 1 saturated heterocycles. The van der Waals surface area contributed by atoms with Crippen LogP contribution >= 0.6 is 0 Å². The smallest absolute Gasteiger partial charge is 0.224 e. The molecule has 1 aliphatic heterocycles. The van der Waals surface area contributed by atoms with Gasteiger partial charge in [0.25, 0.3) is 0 Å². The SMILES string of the molecule is COc1cccc(CCNC(=O)C2CCCN(c3ccc(-n4nc(C)cc4C)nn3)C2)c1. The molecule has 3 aromatic rings. The summed E-state index contributed by atoms with van der Waals surface area (Å²) in [4.78, 5) is 14.9. The van der Waals surface area contributed by atoms with Crippen LogP contribution in [0.4, 0.5) is 5.82 Å². The van der Waals surface area contributed by atoms with Crippen LogP contribution < -0.4 is 15.0 Å². The summed E-state index contributed by atoms with van der Waals surface area (Å²) in [5.41, 5.74) is 3.12. The van der Waals surface area contributed by atoms with Gasteiger partial charge in [0.2, 0.25) is 5.91 Å². The Labute approximate surface area is 188 Å². The number of methoxy groups -OCH3 is 1. The summed E-state index contributed by atoms with van der Waals surface area (Å²) in [7, 11) is 1.66. The number of piperidine rings is 1. The standard InChI is InChI=1S/C24H30N6O2/c1-17-14-18(2)30(28-17)23-10-9-22(26-27-23)29-13-5-7-20(16-29)24(31)25-12-11-19-6-4-8-21(15-19)32-3/h4,6,8-10,14-15,20H,5,7,11-13,16H2,1-3H3,(H,25,31). The van der Waals surface area contributed by atoms with Crippen molar-refractivity contribution in [2.75, 3.05) is 31.6 Å². The lowest BCUT2D eigenvalue weighted by molar-refractivity contribution is -0.125. The van der Waals surface area contributed by atoms with Crippen LogP contribution in [0.25, 0.3) is 5.82 Å². The third-order valence-corrected chi connectivity index (χ3v) is 5.83. The van der Waals surface area contributed by atoms with Gasteiger partial charge in [0, 0.05) is 25.3 Å². The van der Waals surface area contributed by atoms with Crippen molar-refractivity contribution in [2.24, 2.45) is 5.92 Å². The molecule has 2 aromatic heterocycles. The van der Waals surface area contributed by atoms with E-state index in [0.717, 1.165) is 54.3 Å². The summed E-state index contributed by atoms with van der Waals surface area (Å²) >= 11 is 0. The lowest BCUT2D eigenvalue weighted by Crippen LogP contribution is -2.43. The van der Waals surface area contributed by atoms with Crippen LogP contribution in [-0.4, -0.2) is 52.6 Å². The number of aromatic nitrogens is 4. The van der Waals surface area contributed by atoms with Gasteiger partial charge in [0.15, 0.2) is 11.6 Å². The second-order valence-electron chi connectivity index (χ2n) is 8.27. The van der Waals surface area contributed by atoms with E-state index in [1.165, 1.54) is 0 Å². The molecule has 4 rings (SSSR count). The van der Waals surface area contributed by atoms with Gasteiger partial charge in [-0.15, -0.1) is 10.2 Å². The lowest BCUT2D eigenvalue weighted by Gasteiger charge is -2.32. The number of carbonyl (C=O) groups is 1. The first-order valence-corrected chi connectivity index (χ1v) is 11.1. The van der Waals surface area contributed by atoms with E-state index in [2.05, 4.69) is 25.5 Å². The summed E-state index contributed by atoms with van der Waals surface area (Å²) in [5, 5.41) is 16.3. The van der Waals surface area contributed by atoms with Crippen molar-refractivity contribution >= 4 is 11.7 Å². The molecule has 32 heavy (non-hydrogen) atoms. The van der Waals surface area contributed by atoms with Crippen LogP contribution in [0.2, 0.25) is 0 Å². The van der Waals surface area contributed by atoms with Crippen molar-refractivity contribution < 1.29 is 9.53 Å². The van der Waals surface area contributed by atoms with E-state index in [1.54, 1.807) is 11.8 Å². The Kier molecular flexibility index (Phi) is 6.68. The van der Waals surface area contributed by atoms with Crippen molar-refractivity contribution in [3.63, 3.8) is 0 Å². The Morgan fingerprint density at radius 2 is 1.97 bits per heavy atom. The summed E-state index contributed by atoms with van der Waals surface area (Å²) in [5.74, 6) is 2.38. The number of nitrogens with one attached hydrogen (secondary N) is 1. The first kappa shape index (κ1) is 21.8. The van der Waals surface area contributed by atoms with Gasteiger partial charge in [-0.1, -0.05) is 12.1 Å². The van der Waals surface area contributed by atoms with Crippen molar-refractivity contribution in [3.05, 3.63) is 59.4 Å². The largest absolute Gasteiger partial charge is 0.497 e. The highest BCUT2D eigenvalue weighted by Gasteiger charge is 2.26. The summed E-state index contributed by atoms with van der Waals surface area (Å²) in [6.45, 7) is 6.10. The molecular weight excluding hydrogens is 404 g/mol. The zero-order valence-corrected chi connectivity index (χ0v) is 18.9. The minimum atomic E-state index is -0.0495. The number of nitrogens with zero attached hydrogens (tertiary/aromatic N) is 5. The number of hydrogen-bond acceptors (Lipinski definition) is 6. The molecule has 0 bridgehead atoms. The maximum absolute atomic E-state index is 12.8. The van der Waals surface area contributed by atoms with E-state index in [9.17, 15) is 4.79 Å². The molecule has 1 amide bonds. The second-order valence-corrected chi connectivity index (χ2v) is 8.27. The van der Waals surface area contributed by atoms with Crippen LogP contribution in [0.5, 0.6) is 5.75 Å². The predicted molar refractivity (Wildman–Crippen MR) is 123 cm³/mol. The van der Waals surface area contributed by atoms with E-state index >= 15 is 0 Å². The summed E-state index contributed by atoms with van der Waals surface area (Å²) in [6, 6.07) is 13.8. The monoisotopic (exact) mass is 434 g/mol. The van der Waals surface area contributed by atoms with Crippen LogP contribution in [0.1, 0.15) is 29.8 Å². The number of aryl methyl sites for hydroxylation is 2. The maximum Gasteiger partial charge on any atom is 0.224 e. The van der Waals surface area contributed by atoms with Crippen molar-refractivity contribution in [1.82, 2.24) is 25.3 Å². The van der Waals surface area contributed by atoms with E-state index in [-0.39, 0.29) is 11.8 Å². The minimum Gasteiger partial charge on any atom is -0.497 e. The third kappa shape index (κ3) is 5.07. The first-order valence-electron chi connectivity index (χ1n) is 11.1. The van der Waals surface area contributed by atoms with Gasteiger partial charge in [0.1, 0.15) is 5.75 Å². The Morgan fingerprint density at radius 1 is 1.16 bits per heavy atom. The van der Waals surface area contributed by atoms with Crippen LogP contribution in [0.3, 0.4) is 0 Å². The summed E-state index contributed by atoms with van der Waals surface area (Å²) < 4.78 is 7.05. The van der Waals surface area contributed by atoms with Gasteiger partial charge in [-0.2, -0.15) is 5.10 Å². The summed E-state index contributed by atoms with van der Waals surface area (Å²) in [6.07, 6.45) is 2.62. The van der Waals surface area contributed by atoms with Crippen molar-refractivity contribution in [3.8, 4) is 11.6 Å². The average molecular weight is 435 g/mol. The molecule has 1 N–H and O–H groups in total. The number of carbonyl (C=O) groups excluding carboxylic acids is 1. The number of ether oxygens (including phenoxy) is 1. The number of anilines is 1. The average Bonchev–Trinajstić information content (AvgIpc) is 3.17. The van der Waals surface area contributed by atoms with E-state index < -0.39 is 0 Å². The molecule has 0 radical (unpaired) electrons. The van der Waals surface area contributed by atoms with Gasteiger partial charge < -0.3 is 15.0 Å². The van der Waals surface area contributed by atoms with Gasteiger partial charge in [-0.25, -0.2) is 4.68 Å². The highest BCUT2D eigenvalue weighted by molar-refractivity contribution is 5.79. The number of benzene rings is 1. The van der Waals surface area contributed by atoms with Gasteiger partial charge in [-0.3, -0.25) is 4.79 Å². The molecular formula is C24H30N6O2. The third-order valence-electron chi connectivity index (χ3n) is 5.83. The van der Waals surface area contributed by atoms with Crippen LogP contribution in [0.15, 0.2) is 42.5 Å². The quantitative estimate of drug-likeness (QED) is 0.616. The van der Waals surface area contributed by atoms with E-state index in [4.69, 9.17) is 4.74 Å². The normalized spacial score (nSPS) is 16.1. The van der Waals surface area contributed by atoms with Gasteiger partial charge >= 0.3 is 0 Å². The molecule has 1 aromatic carbocycles. The second kappa shape index (κ2) is 9.80. The number of amides is 1. The van der Waals surface area contributed by atoms with E-state index in [1.807, 2.05) is 56.3 Å². The zero-order chi connectivity index (χ0) is 22.5. The zero-order valence-electron chi connectivity index (χ0n) is 18.9. The minimum absolute atomic E-state index is 0.0495. The van der Waals surface area contributed by atoms with E-state index in [0.29, 0.717) is 18.9 Å². The molecule has 8 heteroatoms. The van der Waals surface area contributed by atoms with Crippen LogP contribution in [-0.2, 0) is 11.2 Å². The fourth-order valence-electron chi connectivity index (χ4n) is 4.16. The first-order chi connectivity index (χ1) is 15.5. The molecule has 0 saturated carbocycles. The molecule has 8 nitrogen and oxygen atoms in total. The number of hydrogen-bond donors (Lipinski definition) is 1. The number of rotatable bonds is 7. The molecule has 1 fully saturated rings. The fraction of sp³-hybridized carbons (Fsp3) is 0.417. The highest BCUT2D eigenvalue weighted by atomic mass is 16.5. The predicted octanol–water partition coefficient (Wildman–Crippen LogP) is 2.86. The Morgan fingerprint density at radius 3 is 2.69 bits per heavy atom. The van der Waals surface area contributed by atoms with Gasteiger partial charge in [0.05, 0.1) is 18.7 Å². The van der Waals surface area contributed by atoms with Crippen molar-refractivity contribution in [2.45, 2.75) is 33.1 Å². The molecule has 3 heterocycles. The maximum atomic E-state index is 12.8. The lowest BCUT2D eigenvalue weighted by atomic mass is 9.97. The fourth-order valence-corrected chi connectivity index (χ4v) is 4.16. The van der Waals surface area contributed by atoms with Crippen molar-refractivity contribution in [1.29, 1.82) is 0 Å². The molecule has 168 valence electrons. The van der Waals surface area contributed by atoms with Gasteiger partial charge in [-0.05, 0) is 69.0 Å². The molecule has 1 unspecified atom stereocenters. The molecule has 1 aliphatic rings. The highest BCUT2D eigenvalue weighted by Crippen LogP contribution is 2.22. The van der Waals surface area contributed by atoms with Crippen LogP contribution in [0, 0.1) is 19.8 Å². The molecule has 1 atom stereocenters. The Hall–Kier alpha value is -3.42. The Bertz CT molecular complexity index is 1060.